The van der Waals surface area contributed by atoms with Gasteiger partial charge in [0.25, 0.3) is 0 Å². The monoisotopic (exact) mass is 331 g/mol. The van der Waals surface area contributed by atoms with Gasteiger partial charge in [0.15, 0.2) is 0 Å². The molecule has 24 heavy (non-hydrogen) atoms. The van der Waals surface area contributed by atoms with E-state index >= 15 is 0 Å². The molecule has 1 N–H and O–H groups in total. The molecule has 0 unspecified atom stereocenters. The van der Waals surface area contributed by atoms with Gasteiger partial charge in [0.05, 0.1) is 13.1 Å². The van der Waals surface area contributed by atoms with E-state index in [1.807, 2.05) is 6.92 Å². The lowest BCUT2D eigenvalue weighted by atomic mass is 10.1. The molecule has 0 saturated heterocycles. The third-order valence-corrected chi connectivity index (χ3v) is 3.82. The normalized spacial score (nSPS) is 11.0. The van der Waals surface area contributed by atoms with Crippen molar-refractivity contribution in [1.29, 1.82) is 0 Å². The average molecular weight is 331 g/mol. The number of urea groups is 1. The van der Waals surface area contributed by atoms with Crippen LogP contribution in [0.25, 0.3) is 11.0 Å². The Morgan fingerprint density at radius 3 is 2.83 bits per heavy atom. The summed E-state index contributed by atoms with van der Waals surface area (Å²) < 4.78 is 24.0. The maximum absolute atomic E-state index is 13.3. The standard InChI is InChI=1S/C17H18FN3O3/c1-10-6-13(20-24-10)9-21(3)17(22)19-8-16-11(2)14-7-12(18)4-5-15(14)23-16/h4-7H,8-9H2,1-3H3,(H,19,22). The summed E-state index contributed by atoms with van der Waals surface area (Å²) in [5.41, 5.74) is 2.10. The number of carbonyl (C=O) groups is 1. The first-order chi connectivity index (χ1) is 11.4. The zero-order valence-electron chi connectivity index (χ0n) is 13.7. The number of hydrogen-bond donors (Lipinski definition) is 1. The number of amides is 2. The third-order valence-electron chi connectivity index (χ3n) is 3.82. The molecule has 0 radical (unpaired) electrons. The highest BCUT2D eigenvalue weighted by molar-refractivity contribution is 5.82. The first-order valence-electron chi connectivity index (χ1n) is 7.52. The minimum Gasteiger partial charge on any atom is -0.459 e. The van der Waals surface area contributed by atoms with Gasteiger partial charge in [0.2, 0.25) is 0 Å². The quantitative estimate of drug-likeness (QED) is 0.794. The number of nitrogens with one attached hydrogen (secondary N) is 1. The zero-order valence-corrected chi connectivity index (χ0v) is 13.7. The molecule has 0 bridgehead atoms. The van der Waals surface area contributed by atoms with Crippen LogP contribution in [-0.4, -0.2) is 23.1 Å². The van der Waals surface area contributed by atoms with E-state index in [1.165, 1.54) is 17.0 Å². The Balaban J connectivity index is 1.64. The summed E-state index contributed by atoms with van der Waals surface area (Å²) in [6, 6.07) is 5.88. The number of aryl methyl sites for hydroxylation is 2. The van der Waals surface area contributed by atoms with Gasteiger partial charge in [0.1, 0.15) is 28.6 Å². The molecule has 3 rings (SSSR count). The maximum atomic E-state index is 13.3. The van der Waals surface area contributed by atoms with Crippen molar-refractivity contribution in [3.05, 3.63) is 52.9 Å². The molecule has 0 aliphatic heterocycles. The Morgan fingerprint density at radius 2 is 2.12 bits per heavy atom. The van der Waals surface area contributed by atoms with Crippen LogP contribution >= 0.6 is 0 Å². The first kappa shape index (κ1) is 16.0. The number of carbonyl (C=O) groups excluding carboxylic acids is 1. The van der Waals surface area contributed by atoms with E-state index in [2.05, 4.69) is 10.5 Å². The first-order valence-corrected chi connectivity index (χ1v) is 7.52. The van der Waals surface area contributed by atoms with Crippen molar-refractivity contribution >= 4 is 17.0 Å². The molecule has 2 amide bonds. The lowest BCUT2D eigenvalue weighted by Crippen LogP contribution is -2.36. The highest BCUT2D eigenvalue weighted by Gasteiger charge is 2.15. The summed E-state index contributed by atoms with van der Waals surface area (Å²) in [6.07, 6.45) is 0. The van der Waals surface area contributed by atoms with Gasteiger partial charge in [-0.15, -0.1) is 0 Å². The molecular formula is C17H18FN3O3. The Labute approximate surface area is 138 Å². The fraction of sp³-hybridized carbons (Fsp3) is 0.294. The fourth-order valence-corrected chi connectivity index (χ4v) is 2.51. The summed E-state index contributed by atoms with van der Waals surface area (Å²) in [6.45, 7) is 4.20. The summed E-state index contributed by atoms with van der Waals surface area (Å²) in [4.78, 5) is 13.7. The SMILES string of the molecule is Cc1cc(CN(C)C(=O)NCc2oc3ccc(F)cc3c2C)no1. The summed E-state index contributed by atoms with van der Waals surface area (Å²) in [5.74, 6) is 0.989. The molecule has 7 heteroatoms. The maximum Gasteiger partial charge on any atom is 0.317 e. The van der Waals surface area contributed by atoms with Gasteiger partial charge < -0.3 is 19.2 Å². The smallest absolute Gasteiger partial charge is 0.317 e. The van der Waals surface area contributed by atoms with Crippen LogP contribution in [-0.2, 0) is 13.1 Å². The van der Waals surface area contributed by atoms with Gasteiger partial charge in [-0.3, -0.25) is 0 Å². The zero-order chi connectivity index (χ0) is 17.3. The van der Waals surface area contributed by atoms with Crippen LogP contribution in [0.2, 0.25) is 0 Å². The minimum absolute atomic E-state index is 0.225. The van der Waals surface area contributed by atoms with Crippen LogP contribution in [0.1, 0.15) is 22.8 Å². The van der Waals surface area contributed by atoms with Gasteiger partial charge >= 0.3 is 6.03 Å². The number of hydrogen-bond acceptors (Lipinski definition) is 4. The molecule has 2 heterocycles. The largest absolute Gasteiger partial charge is 0.459 e. The summed E-state index contributed by atoms with van der Waals surface area (Å²) in [7, 11) is 1.67. The molecule has 6 nitrogen and oxygen atoms in total. The highest BCUT2D eigenvalue weighted by atomic mass is 19.1. The predicted molar refractivity (Wildman–Crippen MR) is 85.9 cm³/mol. The number of benzene rings is 1. The number of aromatic nitrogens is 1. The van der Waals surface area contributed by atoms with Gasteiger partial charge in [-0.1, -0.05) is 5.16 Å². The molecular weight excluding hydrogens is 313 g/mol. The molecule has 2 aromatic heterocycles. The van der Waals surface area contributed by atoms with Crippen molar-refractivity contribution in [2.24, 2.45) is 0 Å². The van der Waals surface area contributed by atoms with Crippen molar-refractivity contribution in [1.82, 2.24) is 15.4 Å². The molecule has 0 fully saturated rings. The third kappa shape index (κ3) is 3.24. The average Bonchev–Trinajstić information content (AvgIpc) is 3.09. The summed E-state index contributed by atoms with van der Waals surface area (Å²) in [5, 5.41) is 7.35. The summed E-state index contributed by atoms with van der Waals surface area (Å²) >= 11 is 0. The number of nitrogens with zero attached hydrogens (tertiary/aromatic N) is 2. The fourth-order valence-electron chi connectivity index (χ4n) is 2.51. The predicted octanol–water partition coefficient (Wildman–Crippen LogP) is 3.52. The number of fused-ring (bicyclic) bond motifs is 1. The second-order valence-corrected chi connectivity index (χ2v) is 5.73. The van der Waals surface area contributed by atoms with Gasteiger partial charge in [-0.05, 0) is 32.0 Å². The van der Waals surface area contributed by atoms with Crippen LogP contribution < -0.4 is 5.32 Å². The van der Waals surface area contributed by atoms with Crippen molar-refractivity contribution in [3.63, 3.8) is 0 Å². The van der Waals surface area contributed by atoms with E-state index in [0.29, 0.717) is 34.7 Å². The molecule has 0 aliphatic carbocycles. The molecule has 126 valence electrons. The Morgan fingerprint density at radius 1 is 1.33 bits per heavy atom. The second kappa shape index (κ2) is 6.35. The van der Waals surface area contributed by atoms with E-state index in [-0.39, 0.29) is 18.4 Å². The Hall–Kier alpha value is -2.83. The Bertz CT molecular complexity index is 884. The van der Waals surface area contributed by atoms with Crippen molar-refractivity contribution in [2.45, 2.75) is 26.9 Å². The van der Waals surface area contributed by atoms with Crippen LogP contribution in [0, 0.1) is 19.7 Å². The number of furan rings is 1. The molecule has 0 aliphatic rings. The number of halogens is 1. The van der Waals surface area contributed by atoms with E-state index < -0.39 is 0 Å². The number of rotatable bonds is 4. The lowest BCUT2D eigenvalue weighted by Gasteiger charge is -2.16. The van der Waals surface area contributed by atoms with Crippen LogP contribution in [0.4, 0.5) is 9.18 Å². The minimum atomic E-state index is -0.315. The van der Waals surface area contributed by atoms with Crippen molar-refractivity contribution in [2.75, 3.05) is 7.05 Å². The van der Waals surface area contributed by atoms with Crippen LogP contribution in [0.3, 0.4) is 0 Å². The van der Waals surface area contributed by atoms with Crippen LogP contribution in [0.5, 0.6) is 0 Å². The molecule has 0 saturated carbocycles. The van der Waals surface area contributed by atoms with Gasteiger partial charge in [-0.2, -0.15) is 0 Å². The Kier molecular flexibility index (Phi) is 4.24. The van der Waals surface area contributed by atoms with E-state index in [9.17, 15) is 9.18 Å². The van der Waals surface area contributed by atoms with E-state index in [4.69, 9.17) is 8.94 Å². The van der Waals surface area contributed by atoms with E-state index in [0.717, 1.165) is 5.56 Å². The van der Waals surface area contributed by atoms with Gasteiger partial charge in [0, 0.05) is 24.1 Å². The lowest BCUT2D eigenvalue weighted by molar-refractivity contribution is 0.204. The van der Waals surface area contributed by atoms with Crippen LogP contribution in [0.15, 0.2) is 33.2 Å². The van der Waals surface area contributed by atoms with E-state index in [1.54, 1.807) is 26.1 Å². The second-order valence-electron chi connectivity index (χ2n) is 5.73. The highest BCUT2D eigenvalue weighted by Crippen LogP contribution is 2.25. The van der Waals surface area contributed by atoms with Crippen molar-refractivity contribution in [3.8, 4) is 0 Å². The molecule has 0 spiro atoms. The molecule has 0 atom stereocenters. The van der Waals surface area contributed by atoms with Gasteiger partial charge in [-0.25, -0.2) is 9.18 Å². The molecule has 3 aromatic rings. The van der Waals surface area contributed by atoms with Crippen molar-refractivity contribution < 1.29 is 18.1 Å². The molecule has 1 aromatic carbocycles. The topological polar surface area (TPSA) is 71.5 Å².